The zero-order valence-corrected chi connectivity index (χ0v) is 23.4. The summed E-state index contributed by atoms with van der Waals surface area (Å²) in [6.45, 7) is 5.37. The maximum Gasteiger partial charge on any atom is 0.160 e. The molecule has 208 valence electrons. The first-order valence-electron chi connectivity index (χ1n) is 13.5. The lowest BCUT2D eigenvalue weighted by Crippen LogP contribution is -2.19. The molecule has 0 saturated carbocycles. The van der Waals surface area contributed by atoms with Gasteiger partial charge >= 0.3 is 0 Å². The number of hydrogen-bond acceptors (Lipinski definition) is 7. The van der Waals surface area contributed by atoms with Gasteiger partial charge in [0.2, 0.25) is 0 Å². The van der Waals surface area contributed by atoms with Crippen molar-refractivity contribution in [3.8, 4) is 39.5 Å². The molecule has 0 amide bonds. The summed E-state index contributed by atoms with van der Waals surface area (Å²) in [5.74, 6) is 0.655. The molecule has 41 heavy (non-hydrogen) atoms. The number of aromatic nitrogens is 6. The number of ether oxygens (including phenoxy) is 1. The Morgan fingerprint density at radius 1 is 1.00 bits per heavy atom. The van der Waals surface area contributed by atoms with Crippen molar-refractivity contribution in [2.24, 2.45) is 0 Å². The van der Waals surface area contributed by atoms with E-state index in [1.165, 1.54) is 12.1 Å². The van der Waals surface area contributed by atoms with E-state index in [0.29, 0.717) is 46.6 Å². The van der Waals surface area contributed by atoms with E-state index in [0.717, 1.165) is 39.8 Å². The third-order valence-electron chi connectivity index (χ3n) is 6.69. The van der Waals surface area contributed by atoms with Gasteiger partial charge in [0.1, 0.15) is 29.4 Å². The van der Waals surface area contributed by atoms with E-state index in [1.54, 1.807) is 6.20 Å². The third-order valence-corrected chi connectivity index (χ3v) is 6.69. The van der Waals surface area contributed by atoms with Gasteiger partial charge in [-0.05, 0) is 75.5 Å². The summed E-state index contributed by atoms with van der Waals surface area (Å²) in [5.41, 5.74) is 7.13. The van der Waals surface area contributed by atoms with E-state index in [4.69, 9.17) is 9.72 Å². The highest BCUT2D eigenvalue weighted by atomic mass is 19.1. The number of nitrogens with zero attached hydrogens (tertiary/aromatic N) is 5. The number of fused-ring (bicyclic) bond motifs is 2. The Labute approximate surface area is 236 Å². The van der Waals surface area contributed by atoms with Gasteiger partial charge in [-0.3, -0.25) is 10.1 Å². The van der Waals surface area contributed by atoms with Crippen molar-refractivity contribution in [1.29, 1.82) is 0 Å². The lowest BCUT2D eigenvalue weighted by atomic mass is 10.0. The van der Waals surface area contributed by atoms with E-state index < -0.39 is 0 Å². The SMILES string of the molecule is CC(C)Nc1cncc(-c2ccc3[nH]nc(-c4nc5c(-c6cc(F)cc(OCCN(C)C)c6)ccnc5[nH]4)c3c2)c1. The molecule has 0 radical (unpaired) electrons. The number of benzene rings is 2. The molecule has 10 heteroatoms. The summed E-state index contributed by atoms with van der Waals surface area (Å²) in [6.07, 6.45) is 5.35. The van der Waals surface area contributed by atoms with Gasteiger partial charge in [0.15, 0.2) is 11.5 Å². The van der Waals surface area contributed by atoms with Crippen LogP contribution in [0.25, 0.3) is 55.8 Å². The average Bonchev–Trinajstić information content (AvgIpc) is 3.56. The molecule has 0 atom stereocenters. The summed E-state index contributed by atoms with van der Waals surface area (Å²) >= 11 is 0. The molecule has 4 heterocycles. The molecule has 0 fully saturated rings. The summed E-state index contributed by atoms with van der Waals surface area (Å²) in [5, 5.41) is 12.0. The molecular weight excluding hydrogens is 519 g/mol. The number of likely N-dealkylation sites (N-methyl/N-ethyl adjacent to an activating group) is 1. The number of rotatable bonds is 9. The molecule has 2 aromatic carbocycles. The molecule has 0 saturated heterocycles. The maximum absolute atomic E-state index is 14.6. The van der Waals surface area contributed by atoms with Crippen LogP contribution in [0.4, 0.5) is 10.1 Å². The first kappa shape index (κ1) is 26.4. The number of H-pyrrole nitrogens is 2. The van der Waals surface area contributed by atoms with Gasteiger partial charge in [0.25, 0.3) is 0 Å². The molecule has 0 aliphatic rings. The Morgan fingerprint density at radius 3 is 2.71 bits per heavy atom. The molecule has 0 aliphatic heterocycles. The van der Waals surface area contributed by atoms with Crippen molar-refractivity contribution in [2.75, 3.05) is 32.6 Å². The number of hydrogen-bond donors (Lipinski definition) is 3. The Bertz CT molecular complexity index is 1840. The van der Waals surface area contributed by atoms with E-state index in [2.05, 4.69) is 56.4 Å². The Morgan fingerprint density at radius 2 is 1.88 bits per heavy atom. The number of imidazole rings is 1. The van der Waals surface area contributed by atoms with Gasteiger partial charge in [-0.25, -0.2) is 14.4 Å². The molecule has 6 rings (SSSR count). The minimum Gasteiger partial charge on any atom is -0.492 e. The number of pyridine rings is 2. The van der Waals surface area contributed by atoms with E-state index in [-0.39, 0.29) is 5.82 Å². The predicted molar refractivity (Wildman–Crippen MR) is 160 cm³/mol. The minimum absolute atomic E-state index is 0.302. The zero-order chi connectivity index (χ0) is 28.5. The summed E-state index contributed by atoms with van der Waals surface area (Å²) in [6, 6.07) is 15.0. The number of halogens is 1. The second kappa shape index (κ2) is 11.0. The lowest BCUT2D eigenvalue weighted by Gasteiger charge is -2.12. The van der Waals surface area contributed by atoms with Crippen molar-refractivity contribution >= 4 is 27.8 Å². The standard InChI is InChI=1S/C31H31FN8O/c1-18(2)35-23-12-21(16-33-17-23)19-5-6-27-26(14-19)29(39-38-27)31-36-28-25(7-8-34-30(28)37-31)20-11-22(32)15-24(13-20)41-10-9-40(3)4/h5-8,11-18,35H,9-10H2,1-4H3,(H,38,39)(H,34,36,37). The minimum atomic E-state index is -0.379. The summed E-state index contributed by atoms with van der Waals surface area (Å²) < 4.78 is 20.4. The van der Waals surface area contributed by atoms with Crippen LogP contribution >= 0.6 is 0 Å². The average molecular weight is 551 g/mol. The summed E-state index contributed by atoms with van der Waals surface area (Å²) in [4.78, 5) is 19.1. The molecule has 0 unspecified atom stereocenters. The second-order valence-corrected chi connectivity index (χ2v) is 10.6. The highest BCUT2D eigenvalue weighted by Gasteiger charge is 2.17. The first-order valence-corrected chi connectivity index (χ1v) is 13.5. The molecule has 0 bridgehead atoms. The largest absolute Gasteiger partial charge is 0.492 e. The van der Waals surface area contributed by atoms with Crippen molar-refractivity contribution in [3.63, 3.8) is 0 Å². The Hall–Kier alpha value is -4.83. The van der Waals surface area contributed by atoms with Crippen molar-refractivity contribution in [3.05, 3.63) is 72.9 Å². The first-order chi connectivity index (χ1) is 19.8. The lowest BCUT2D eigenvalue weighted by molar-refractivity contribution is 0.260. The fourth-order valence-corrected chi connectivity index (χ4v) is 4.79. The topological polar surface area (TPSA) is 108 Å². The van der Waals surface area contributed by atoms with Gasteiger partial charge in [0, 0.05) is 53.8 Å². The molecule has 3 N–H and O–H groups in total. The van der Waals surface area contributed by atoms with Crippen LogP contribution < -0.4 is 10.1 Å². The number of nitrogens with one attached hydrogen (secondary N) is 3. The highest BCUT2D eigenvalue weighted by Crippen LogP contribution is 2.34. The van der Waals surface area contributed by atoms with Crippen LogP contribution in [0.1, 0.15) is 13.8 Å². The number of aromatic amines is 2. The maximum atomic E-state index is 14.6. The van der Waals surface area contributed by atoms with E-state index in [1.807, 2.05) is 55.7 Å². The predicted octanol–water partition coefficient (Wildman–Crippen LogP) is 6.13. The van der Waals surface area contributed by atoms with Crippen LogP contribution in [0.3, 0.4) is 0 Å². The summed E-state index contributed by atoms with van der Waals surface area (Å²) in [7, 11) is 3.93. The third kappa shape index (κ3) is 5.59. The van der Waals surface area contributed by atoms with Crippen LogP contribution in [-0.2, 0) is 0 Å². The van der Waals surface area contributed by atoms with E-state index >= 15 is 0 Å². The zero-order valence-electron chi connectivity index (χ0n) is 23.4. The fourth-order valence-electron chi connectivity index (χ4n) is 4.79. The van der Waals surface area contributed by atoms with Crippen molar-refractivity contribution in [2.45, 2.75) is 19.9 Å². The van der Waals surface area contributed by atoms with Gasteiger partial charge in [-0.1, -0.05) is 6.07 Å². The normalized spacial score (nSPS) is 11.7. The van der Waals surface area contributed by atoms with Gasteiger partial charge < -0.3 is 19.9 Å². The molecule has 9 nitrogen and oxygen atoms in total. The van der Waals surface area contributed by atoms with Gasteiger partial charge in [-0.2, -0.15) is 5.10 Å². The van der Waals surface area contributed by atoms with Gasteiger partial charge in [-0.15, -0.1) is 0 Å². The monoisotopic (exact) mass is 550 g/mol. The van der Waals surface area contributed by atoms with Crippen LogP contribution in [0, 0.1) is 5.82 Å². The van der Waals surface area contributed by atoms with Crippen molar-refractivity contribution < 1.29 is 9.13 Å². The molecule has 6 aromatic rings. The molecular formula is C31H31FN8O. The smallest absolute Gasteiger partial charge is 0.160 e. The van der Waals surface area contributed by atoms with Crippen molar-refractivity contribution in [1.82, 2.24) is 35.0 Å². The van der Waals surface area contributed by atoms with Crippen LogP contribution in [-0.4, -0.2) is 68.3 Å². The molecule has 0 spiro atoms. The molecule has 4 aromatic heterocycles. The van der Waals surface area contributed by atoms with E-state index in [9.17, 15) is 4.39 Å². The fraction of sp³-hybridized carbons (Fsp3) is 0.226. The Kier molecular flexibility index (Phi) is 7.07. The molecule has 0 aliphatic carbocycles. The van der Waals surface area contributed by atoms with Crippen LogP contribution in [0.2, 0.25) is 0 Å². The Balaban J connectivity index is 1.37. The second-order valence-electron chi connectivity index (χ2n) is 10.6. The van der Waals surface area contributed by atoms with Gasteiger partial charge in [0.05, 0.1) is 11.2 Å². The number of anilines is 1. The quantitative estimate of drug-likeness (QED) is 0.199. The highest BCUT2D eigenvalue weighted by molar-refractivity contribution is 5.97. The van der Waals surface area contributed by atoms with Crippen LogP contribution in [0.5, 0.6) is 5.75 Å². The van der Waals surface area contributed by atoms with Crippen LogP contribution in [0.15, 0.2) is 67.1 Å².